The first-order valence-electron chi connectivity index (χ1n) is 4.30. The topological polar surface area (TPSA) is 101 Å². The second kappa shape index (κ2) is 4.54. The van der Waals surface area contributed by atoms with E-state index in [1.807, 2.05) is 6.92 Å². The van der Waals surface area contributed by atoms with Crippen LogP contribution in [0.15, 0.2) is 17.6 Å². The molecule has 1 rings (SSSR count). The van der Waals surface area contributed by atoms with E-state index in [1.165, 1.54) is 12.5 Å². The summed E-state index contributed by atoms with van der Waals surface area (Å²) in [4.78, 5) is 6.15. The Morgan fingerprint density at radius 3 is 2.93 bits per heavy atom. The van der Waals surface area contributed by atoms with Gasteiger partial charge in [0.2, 0.25) is 0 Å². The van der Waals surface area contributed by atoms with Crippen LogP contribution >= 0.6 is 0 Å². The van der Waals surface area contributed by atoms with Gasteiger partial charge in [-0.3, -0.25) is 0 Å². The fraction of sp³-hybridized carbons (Fsp3) is 0.571. The van der Waals surface area contributed by atoms with Crippen LogP contribution < -0.4 is 10.5 Å². The molecule has 0 spiro atoms. The minimum atomic E-state index is -3.47. The molecule has 0 aliphatic rings. The molecule has 0 fully saturated rings. The molecule has 4 N–H and O–H groups in total. The van der Waals surface area contributed by atoms with Gasteiger partial charge in [-0.15, -0.1) is 0 Å². The lowest BCUT2D eigenvalue weighted by molar-refractivity contribution is 0.561. The zero-order valence-electron chi connectivity index (χ0n) is 7.90. The number of nitrogens with zero attached hydrogens (tertiary/aromatic N) is 1. The van der Waals surface area contributed by atoms with Crippen molar-refractivity contribution in [2.24, 2.45) is 5.73 Å². The first kappa shape index (κ1) is 11.2. The van der Waals surface area contributed by atoms with Crippen molar-refractivity contribution in [1.82, 2.24) is 14.7 Å². The molecule has 0 bridgehead atoms. The van der Waals surface area contributed by atoms with E-state index in [9.17, 15) is 8.42 Å². The van der Waals surface area contributed by atoms with E-state index >= 15 is 0 Å². The second-order valence-corrected chi connectivity index (χ2v) is 4.67. The monoisotopic (exact) mass is 218 g/mol. The Kier molecular flexibility index (Phi) is 3.62. The quantitative estimate of drug-likeness (QED) is 0.615. The summed E-state index contributed by atoms with van der Waals surface area (Å²) in [6.07, 6.45) is 3.29. The second-order valence-electron chi connectivity index (χ2n) is 2.94. The van der Waals surface area contributed by atoms with Gasteiger partial charge in [0.25, 0.3) is 10.0 Å². The van der Waals surface area contributed by atoms with Gasteiger partial charge in [0, 0.05) is 12.6 Å². The molecule has 1 heterocycles. The lowest BCUT2D eigenvalue weighted by Crippen LogP contribution is -2.36. The standard InChI is InChI=1S/C7H14N4O2S/c1-2-6(8)3-11-14(12,13)7-4-9-5-10-7/h4-6,11H,2-3,8H2,1H3,(H,9,10). The van der Waals surface area contributed by atoms with Crippen molar-refractivity contribution in [3.05, 3.63) is 12.5 Å². The smallest absolute Gasteiger partial charge is 0.257 e. The van der Waals surface area contributed by atoms with Crippen molar-refractivity contribution in [3.8, 4) is 0 Å². The van der Waals surface area contributed by atoms with Gasteiger partial charge in [-0.2, -0.15) is 0 Å². The molecule has 1 aromatic heterocycles. The molecule has 0 aliphatic heterocycles. The van der Waals surface area contributed by atoms with E-state index in [0.29, 0.717) is 0 Å². The van der Waals surface area contributed by atoms with Crippen molar-refractivity contribution < 1.29 is 8.42 Å². The van der Waals surface area contributed by atoms with Crippen LogP contribution in [0.3, 0.4) is 0 Å². The van der Waals surface area contributed by atoms with E-state index in [2.05, 4.69) is 14.7 Å². The molecule has 0 saturated heterocycles. The number of nitrogens with one attached hydrogen (secondary N) is 2. The summed E-state index contributed by atoms with van der Waals surface area (Å²) in [5.41, 5.74) is 5.58. The largest absolute Gasteiger partial charge is 0.335 e. The summed E-state index contributed by atoms with van der Waals surface area (Å²) in [6.45, 7) is 2.13. The van der Waals surface area contributed by atoms with Crippen molar-refractivity contribution >= 4 is 10.0 Å². The fourth-order valence-electron chi connectivity index (χ4n) is 0.829. The number of rotatable bonds is 5. The van der Waals surface area contributed by atoms with Crippen molar-refractivity contribution in [2.45, 2.75) is 24.4 Å². The molecule has 1 atom stereocenters. The Labute approximate surface area is 83.0 Å². The third kappa shape index (κ3) is 2.79. The average molecular weight is 218 g/mol. The molecule has 1 aromatic rings. The highest BCUT2D eigenvalue weighted by molar-refractivity contribution is 7.89. The lowest BCUT2D eigenvalue weighted by atomic mass is 10.2. The van der Waals surface area contributed by atoms with E-state index < -0.39 is 10.0 Å². The number of hydrogen-bond acceptors (Lipinski definition) is 4. The predicted octanol–water partition coefficient (Wildman–Crippen LogP) is -0.575. The Morgan fingerprint density at radius 2 is 2.43 bits per heavy atom. The Balaban J connectivity index is 2.60. The molecule has 14 heavy (non-hydrogen) atoms. The molecule has 6 nitrogen and oxygen atoms in total. The minimum absolute atomic E-state index is 0.0563. The van der Waals surface area contributed by atoms with E-state index in [-0.39, 0.29) is 17.6 Å². The number of aromatic amines is 1. The first-order chi connectivity index (χ1) is 6.56. The number of H-pyrrole nitrogens is 1. The van der Waals surface area contributed by atoms with Gasteiger partial charge in [-0.25, -0.2) is 18.1 Å². The highest BCUT2D eigenvalue weighted by Crippen LogP contribution is 2.01. The van der Waals surface area contributed by atoms with Crippen LogP contribution in [0.4, 0.5) is 0 Å². The third-order valence-electron chi connectivity index (χ3n) is 1.82. The van der Waals surface area contributed by atoms with Crippen LogP contribution in [0.5, 0.6) is 0 Å². The normalized spacial score (nSPS) is 14.1. The zero-order chi connectivity index (χ0) is 10.6. The van der Waals surface area contributed by atoms with Crippen LogP contribution in [-0.2, 0) is 10.0 Å². The van der Waals surface area contributed by atoms with Crippen molar-refractivity contribution in [3.63, 3.8) is 0 Å². The summed E-state index contributed by atoms with van der Waals surface area (Å²) in [7, 11) is -3.47. The maximum absolute atomic E-state index is 11.5. The van der Waals surface area contributed by atoms with Crippen LogP contribution in [0.25, 0.3) is 0 Å². The van der Waals surface area contributed by atoms with E-state index in [1.54, 1.807) is 0 Å². The predicted molar refractivity (Wildman–Crippen MR) is 52.0 cm³/mol. The maximum atomic E-state index is 11.5. The van der Waals surface area contributed by atoms with Gasteiger partial charge >= 0.3 is 0 Å². The van der Waals surface area contributed by atoms with Gasteiger partial charge in [0.05, 0.1) is 12.5 Å². The molecular formula is C7H14N4O2S. The molecule has 0 saturated carbocycles. The molecular weight excluding hydrogens is 204 g/mol. The highest BCUT2D eigenvalue weighted by Gasteiger charge is 2.15. The summed E-state index contributed by atoms with van der Waals surface area (Å²) in [5.74, 6) is 0. The van der Waals surface area contributed by atoms with E-state index in [4.69, 9.17) is 5.73 Å². The molecule has 0 aromatic carbocycles. The Bertz CT molecular complexity index is 359. The summed E-state index contributed by atoms with van der Waals surface area (Å²) < 4.78 is 25.3. The van der Waals surface area contributed by atoms with Crippen molar-refractivity contribution in [2.75, 3.05) is 6.54 Å². The molecule has 1 unspecified atom stereocenters. The van der Waals surface area contributed by atoms with Crippen molar-refractivity contribution in [1.29, 1.82) is 0 Å². The fourth-order valence-corrected chi connectivity index (χ4v) is 1.83. The average Bonchev–Trinajstić information content (AvgIpc) is 2.67. The maximum Gasteiger partial charge on any atom is 0.257 e. The SMILES string of the molecule is CCC(N)CNS(=O)(=O)c1cnc[nH]1. The number of nitrogens with two attached hydrogens (primary N) is 1. The number of sulfonamides is 1. The van der Waals surface area contributed by atoms with Crippen LogP contribution in [0.2, 0.25) is 0 Å². The summed E-state index contributed by atoms with van der Waals surface area (Å²) in [6, 6.07) is -0.160. The summed E-state index contributed by atoms with van der Waals surface area (Å²) >= 11 is 0. The Morgan fingerprint density at radius 1 is 1.71 bits per heavy atom. The molecule has 0 aliphatic carbocycles. The first-order valence-corrected chi connectivity index (χ1v) is 5.78. The van der Waals surface area contributed by atoms with Gasteiger partial charge in [-0.1, -0.05) is 6.92 Å². The van der Waals surface area contributed by atoms with Crippen LogP contribution in [-0.4, -0.2) is 31.0 Å². The Hall–Kier alpha value is -0.920. The van der Waals surface area contributed by atoms with Gasteiger partial charge in [0.15, 0.2) is 5.03 Å². The highest BCUT2D eigenvalue weighted by atomic mass is 32.2. The molecule has 80 valence electrons. The minimum Gasteiger partial charge on any atom is -0.335 e. The zero-order valence-corrected chi connectivity index (χ0v) is 8.71. The summed E-state index contributed by atoms with van der Waals surface area (Å²) in [5, 5.41) is 0.0563. The molecule has 7 heteroatoms. The number of aromatic nitrogens is 2. The van der Waals surface area contributed by atoms with Crippen LogP contribution in [0, 0.1) is 0 Å². The third-order valence-corrected chi connectivity index (χ3v) is 3.17. The van der Waals surface area contributed by atoms with Gasteiger partial charge in [-0.05, 0) is 6.42 Å². The van der Waals surface area contributed by atoms with E-state index in [0.717, 1.165) is 6.42 Å². The molecule has 0 amide bonds. The van der Waals surface area contributed by atoms with Gasteiger partial charge < -0.3 is 10.7 Å². The van der Waals surface area contributed by atoms with Gasteiger partial charge in [0.1, 0.15) is 0 Å². The lowest BCUT2D eigenvalue weighted by Gasteiger charge is -2.09. The van der Waals surface area contributed by atoms with Crippen LogP contribution in [0.1, 0.15) is 13.3 Å². The number of imidazole rings is 1. The molecule has 0 radical (unpaired) electrons. The number of hydrogen-bond donors (Lipinski definition) is 3.